The summed E-state index contributed by atoms with van der Waals surface area (Å²) in [5.41, 5.74) is 2.82. The van der Waals surface area contributed by atoms with E-state index in [4.69, 9.17) is 23.2 Å². The molecule has 0 bridgehead atoms. The minimum Gasteiger partial charge on any atom is -0.320 e. The van der Waals surface area contributed by atoms with Gasteiger partial charge in [-0.2, -0.15) is 4.57 Å². The molecule has 1 amide bonds. The largest absolute Gasteiger partial charge is 0.320 e. The van der Waals surface area contributed by atoms with Crippen LogP contribution < -0.4 is 9.88 Å². The molecule has 2 aromatic rings. The van der Waals surface area contributed by atoms with Gasteiger partial charge in [-0.3, -0.25) is 4.79 Å². The maximum Gasteiger partial charge on any atom is 0.293 e. The summed E-state index contributed by atoms with van der Waals surface area (Å²) in [6, 6.07) is 8.76. The number of halogens is 2. The summed E-state index contributed by atoms with van der Waals surface area (Å²) in [5, 5.41) is 3.84. The number of nitrogens with one attached hydrogen (secondary N) is 1. The molecule has 5 heteroatoms. The van der Waals surface area contributed by atoms with E-state index >= 15 is 0 Å². The Balaban J connectivity index is 2.22. The van der Waals surface area contributed by atoms with E-state index in [-0.39, 0.29) is 11.9 Å². The normalized spacial score (nSPS) is 12.0. The minimum absolute atomic E-state index is 0.111. The Labute approximate surface area is 140 Å². The fourth-order valence-electron chi connectivity index (χ4n) is 2.26. The molecule has 22 heavy (non-hydrogen) atoms. The first-order valence-electron chi connectivity index (χ1n) is 7.18. The lowest BCUT2D eigenvalue weighted by Crippen LogP contribution is -2.47. The molecule has 1 aromatic carbocycles. The molecule has 1 aromatic heterocycles. The topological polar surface area (TPSA) is 33.0 Å². The molecule has 0 unspecified atom stereocenters. The van der Waals surface area contributed by atoms with Crippen molar-refractivity contribution < 1.29 is 9.36 Å². The van der Waals surface area contributed by atoms with E-state index in [2.05, 4.69) is 18.3 Å². The summed E-state index contributed by atoms with van der Waals surface area (Å²) in [5.74, 6) is -0.111. The molecule has 0 saturated heterocycles. The number of hydrogen-bond donors (Lipinski definition) is 1. The number of aryl methyl sites for hydroxylation is 2. The van der Waals surface area contributed by atoms with Crippen LogP contribution in [0.3, 0.4) is 0 Å². The summed E-state index contributed by atoms with van der Waals surface area (Å²) < 4.78 is 1.97. The number of rotatable bonds is 4. The standard InChI is InChI=1S/C17H18Cl2N2O/c1-4-13-6-5-11(2)21(10-13)12(3)17(22)20-16-8-14(18)7-15(19)9-16/h5-10,12H,4H2,1-3H3/p+1/t12-/m0/s1. The van der Waals surface area contributed by atoms with Gasteiger partial charge in [0.25, 0.3) is 5.91 Å². The van der Waals surface area contributed by atoms with Gasteiger partial charge in [0.2, 0.25) is 6.04 Å². The van der Waals surface area contributed by atoms with Gasteiger partial charge >= 0.3 is 0 Å². The highest BCUT2D eigenvalue weighted by Crippen LogP contribution is 2.22. The molecule has 0 radical (unpaired) electrons. The van der Waals surface area contributed by atoms with Crippen LogP contribution in [0.5, 0.6) is 0 Å². The van der Waals surface area contributed by atoms with Gasteiger partial charge in [0.15, 0.2) is 11.9 Å². The molecule has 0 aliphatic carbocycles. The number of carbonyl (C=O) groups excluding carboxylic acids is 1. The molecule has 0 aliphatic rings. The van der Waals surface area contributed by atoms with Crippen molar-refractivity contribution in [1.29, 1.82) is 0 Å². The van der Waals surface area contributed by atoms with Gasteiger partial charge in [0.1, 0.15) is 0 Å². The summed E-state index contributed by atoms with van der Waals surface area (Å²) in [7, 11) is 0. The Kier molecular flexibility index (Phi) is 5.43. The van der Waals surface area contributed by atoms with Gasteiger partial charge in [-0.1, -0.05) is 30.1 Å². The Morgan fingerprint density at radius 1 is 1.23 bits per heavy atom. The van der Waals surface area contributed by atoms with Crippen LogP contribution in [0, 0.1) is 6.92 Å². The zero-order valence-corrected chi connectivity index (χ0v) is 14.4. The summed E-state index contributed by atoms with van der Waals surface area (Å²) in [6.07, 6.45) is 2.95. The highest BCUT2D eigenvalue weighted by Gasteiger charge is 2.24. The summed E-state index contributed by atoms with van der Waals surface area (Å²) in [6.45, 7) is 5.95. The van der Waals surface area contributed by atoms with Crippen LogP contribution in [-0.4, -0.2) is 5.91 Å². The lowest BCUT2D eigenvalue weighted by Gasteiger charge is -2.11. The third-order valence-electron chi connectivity index (χ3n) is 3.59. The molecule has 1 N–H and O–H groups in total. The molecule has 1 atom stereocenters. The highest BCUT2D eigenvalue weighted by atomic mass is 35.5. The van der Waals surface area contributed by atoms with E-state index in [1.165, 1.54) is 5.56 Å². The van der Waals surface area contributed by atoms with Crippen LogP contribution in [0.15, 0.2) is 36.5 Å². The van der Waals surface area contributed by atoms with Crippen LogP contribution >= 0.6 is 23.2 Å². The molecular weight excluding hydrogens is 319 g/mol. The van der Waals surface area contributed by atoms with Crippen LogP contribution in [-0.2, 0) is 11.2 Å². The second-order valence-electron chi connectivity index (χ2n) is 5.26. The third kappa shape index (κ3) is 3.99. The van der Waals surface area contributed by atoms with Gasteiger partial charge in [0.05, 0.1) is 0 Å². The van der Waals surface area contributed by atoms with Gasteiger partial charge in [0, 0.05) is 41.2 Å². The van der Waals surface area contributed by atoms with Crippen molar-refractivity contribution in [3.05, 3.63) is 57.8 Å². The molecule has 0 fully saturated rings. The second kappa shape index (κ2) is 7.12. The molecule has 1 heterocycles. The van der Waals surface area contributed by atoms with E-state index in [9.17, 15) is 4.79 Å². The van der Waals surface area contributed by atoms with Crippen LogP contribution in [0.1, 0.15) is 31.1 Å². The number of amides is 1. The molecule has 0 aliphatic heterocycles. The first kappa shape index (κ1) is 16.8. The number of nitrogens with zero attached hydrogens (tertiary/aromatic N) is 1. The fraction of sp³-hybridized carbons (Fsp3) is 0.294. The first-order chi connectivity index (χ1) is 10.4. The van der Waals surface area contributed by atoms with E-state index in [0.29, 0.717) is 15.7 Å². The quantitative estimate of drug-likeness (QED) is 0.826. The summed E-state index contributed by atoms with van der Waals surface area (Å²) >= 11 is 11.9. The predicted octanol–water partition coefficient (Wildman–Crippen LogP) is 4.35. The smallest absolute Gasteiger partial charge is 0.293 e. The van der Waals surface area contributed by atoms with Crippen LogP contribution in [0.2, 0.25) is 10.0 Å². The maximum atomic E-state index is 12.5. The molecule has 3 nitrogen and oxygen atoms in total. The fourth-order valence-corrected chi connectivity index (χ4v) is 2.79. The number of hydrogen-bond acceptors (Lipinski definition) is 1. The maximum absolute atomic E-state index is 12.5. The highest BCUT2D eigenvalue weighted by molar-refractivity contribution is 6.35. The van der Waals surface area contributed by atoms with Crippen molar-refractivity contribution in [2.75, 3.05) is 5.32 Å². The molecule has 0 saturated carbocycles. The summed E-state index contributed by atoms with van der Waals surface area (Å²) in [4.78, 5) is 12.5. The number of pyridine rings is 1. The van der Waals surface area contributed by atoms with E-state index < -0.39 is 0 Å². The van der Waals surface area contributed by atoms with Crippen LogP contribution in [0.4, 0.5) is 5.69 Å². The van der Waals surface area contributed by atoms with Gasteiger partial charge in [-0.15, -0.1) is 0 Å². The number of carbonyl (C=O) groups is 1. The van der Waals surface area contributed by atoms with E-state index in [0.717, 1.165) is 12.1 Å². The van der Waals surface area contributed by atoms with Crippen molar-refractivity contribution in [2.45, 2.75) is 33.2 Å². The zero-order chi connectivity index (χ0) is 16.3. The second-order valence-corrected chi connectivity index (χ2v) is 6.14. The monoisotopic (exact) mass is 337 g/mol. The SMILES string of the molecule is CCc1ccc(C)[n+]([C@@H](C)C(=O)Nc2cc(Cl)cc(Cl)c2)c1. The Bertz CT molecular complexity index is 681. The van der Waals surface area contributed by atoms with Crippen molar-refractivity contribution in [2.24, 2.45) is 0 Å². The lowest BCUT2D eigenvalue weighted by atomic mass is 10.2. The van der Waals surface area contributed by atoms with Crippen molar-refractivity contribution in [1.82, 2.24) is 0 Å². The van der Waals surface area contributed by atoms with E-state index in [1.54, 1.807) is 18.2 Å². The molecular formula is C17H19Cl2N2O+. The molecule has 2 rings (SSSR count). The Morgan fingerprint density at radius 3 is 2.45 bits per heavy atom. The van der Waals surface area contributed by atoms with E-state index in [1.807, 2.05) is 30.7 Å². The van der Waals surface area contributed by atoms with Crippen molar-refractivity contribution in [3.63, 3.8) is 0 Å². The average molecular weight is 338 g/mol. The number of anilines is 1. The van der Waals surface area contributed by atoms with Crippen molar-refractivity contribution in [3.8, 4) is 0 Å². The molecule has 116 valence electrons. The third-order valence-corrected chi connectivity index (χ3v) is 4.02. The van der Waals surface area contributed by atoms with Crippen molar-refractivity contribution >= 4 is 34.8 Å². The van der Waals surface area contributed by atoms with Gasteiger partial charge in [-0.05, 0) is 30.7 Å². The lowest BCUT2D eigenvalue weighted by molar-refractivity contribution is -0.711. The predicted molar refractivity (Wildman–Crippen MR) is 90.6 cm³/mol. The Morgan fingerprint density at radius 2 is 1.86 bits per heavy atom. The van der Waals surface area contributed by atoms with Gasteiger partial charge in [-0.25, -0.2) is 0 Å². The van der Waals surface area contributed by atoms with Crippen LogP contribution in [0.25, 0.3) is 0 Å². The van der Waals surface area contributed by atoms with Gasteiger partial charge < -0.3 is 5.32 Å². The molecule has 0 spiro atoms. The zero-order valence-electron chi connectivity index (χ0n) is 12.9. The average Bonchev–Trinajstić information content (AvgIpc) is 2.46. The number of aromatic nitrogens is 1. The minimum atomic E-state index is -0.329. The first-order valence-corrected chi connectivity index (χ1v) is 7.94. The number of benzene rings is 1. The Hall–Kier alpha value is -1.58.